The number of aliphatic carboxylic acids is 1. The fourth-order valence-corrected chi connectivity index (χ4v) is 3.95. The van der Waals surface area contributed by atoms with E-state index in [2.05, 4.69) is 15.2 Å². The summed E-state index contributed by atoms with van der Waals surface area (Å²) in [5.41, 5.74) is 1.39. The van der Waals surface area contributed by atoms with E-state index in [1.165, 1.54) is 6.08 Å². The van der Waals surface area contributed by atoms with Crippen LogP contribution in [-0.2, 0) is 4.79 Å². The number of nitrogens with one attached hydrogen (secondary N) is 1. The van der Waals surface area contributed by atoms with Crippen LogP contribution in [0.15, 0.2) is 63.0 Å². The second kappa shape index (κ2) is 10.3. The summed E-state index contributed by atoms with van der Waals surface area (Å²) >= 11 is 12.9. The average molecular weight is 518 g/mol. The van der Waals surface area contributed by atoms with E-state index in [9.17, 15) is 9.90 Å². The molecule has 2 aromatic heterocycles. The predicted octanol–water partition coefficient (Wildman–Crippen LogP) is 6.27. The van der Waals surface area contributed by atoms with Crippen molar-refractivity contribution in [3.8, 4) is 34.2 Å². The maximum atomic E-state index is 11.8. The smallest absolute Gasteiger partial charge is 0.342 e. The molecule has 2 aromatic carbocycles. The quantitative estimate of drug-likeness (QED) is 0.207. The third-order valence-corrected chi connectivity index (χ3v) is 6.22. The summed E-state index contributed by atoms with van der Waals surface area (Å²) in [6, 6.07) is 13.7. The number of ether oxygens (including phenoxy) is 2. The van der Waals surface area contributed by atoms with Crippen molar-refractivity contribution < 1.29 is 23.8 Å². The van der Waals surface area contributed by atoms with Gasteiger partial charge in [0, 0.05) is 23.3 Å². The molecule has 0 saturated carbocycles. The first-order chi connectivity index (χ1) is 16.4. The minimum Gasteiger partial charge on any atom is -0.497 e. The van der Waals surface area contributed by atoms with E-state index in [0.717, 1.165) is 11.8 Å². The van der Waals surface area contributed by atoms with Gasteiger partial charge in [0.05, 0.1) is 24.3 Å². The largest absolute Gasteiger partial charge is 0.497 e. The fraction of sp³-hybridized carbons (Fsp3) is 0.0870. The molecule has 0 aliphatic carbocycles. The lowest BCUT2D eigenvalue weighted by molar-refractivity contribution is -0.131. The molecule has 0 atom stereocenters. The van der Waals surface area contributed by atoms with Gasteiger partial charge in [0.2, 0.25) is 5.16 Å². The molecule has 0 spiro atoms. The zero-order chi connectivity index (χ0) is 24.2. The van der Waals surface area contributed by atoms with Gasteiger partial charge >= 0.3 is 5.97 Å². The van der Waals surface area contributed by atoms with Crippen LogP contribution in [0.1, 0.15) is 5.76 Å². The van der Waals surface area contributed by atoms with Crippen molar-refractivity contribution in [2.24, 2.45) is 0 Å². The number of halogens is 2. The molecule has 11 heteroatoms. The van der Waals surface area contributed by atoms with E-state index in [1.807, 2.05) is 0 Å². The van der Waals surface area contributed by atoms with Gasteiger partial charge in [-0.25, -0.2) is 9.78 Å². The molecule has 0 aliphatic heterocycles. The molecule has 34 heavy (non-hydrogen) atoms. The molecule has 4 rings (SSSR count). The topological polar surface area (TPSA) is 110 Å². The Morgan fingerprint density at radius 1 is 1.03 bits per heavy atom. The lowest BCUT2D eigenvalue weighted by Crippen LogP contribution is -1.97. The molecule has 0 radical (unpaired) electrons. The number of carboxylic acids is 1. The van der Waals surface area contributed by atoms with Crippen LogP contribution in [0.4, 0.5) is 0 Å². The first-order valence-electron chi connectivity index (χ1n) is 9.70. The Bertz CT molecular complexity index is 1360. The van der Waals surface area contributed by atoms with Crippen LogP contribution in [0.3, 0.4) is 0 Å². The van der Waals surface area contributed by atoms with Crippen molar-refractivity contribution in [1.29, 1.82) is 0 Å². The second-order valence-electron chi connectivity index (χ2n) is 6.81. The van der Waals surface area contributed by atoms with Gasteiger partial charge in [-0.3, -0.25) is 5.10 Å². The van der Waals surface area contributed by atoms with E-state index < -0.39 is 5.97 Å². The maximum absolute atomic E-state index is 11.8. The van der Waals surface area contributed by atoms with Gasteiger partial charge in [0.25, 0.3) is 0 Å². The molecular weight excluding hydrogens is 501 g/mol. The van der Waals surface area contributed by atoms with Gasteiger partial charge in [-0.05, 0) is 54.2 Å². The lowest BCUT2D eigenvalue weighted by Gasteiger charge is -2.06. The van der Waals surface area contributed by atoms with Gasteiger partial charge < -0.3 is 19.0 Å². The highest BCUT2D eigenvalue weighted by Gasteiger charge is 2.16. The number of methoxy groups -OCH3 is 2. The summed E-state index contributed by atoms with van der Waals surface area (Å²) in [6.07, 6.45) is 1.40. The van der Waals surface area contributed by atoms with Crippen molar-refractivity contribution in [3.05, 3.63) is 69.2 Å². The highest BCUT2D eigenvalue weighted by Crippen LogP contribution is 2.33. The van der Waals surface area contributed by atoms with Gasteiger partial charge in [-0.2, -0.15) is 0 Å². The molecule has 0 saturated heterocycles. The van der Waals surface area contributed by atoms with Crippen LogP contribution in [0.2, 0.25) is 10.0 Å². The predicted molar refractivity (Wildman–Crippen MR) is 131 cm³/mol. The van der Waals surface area contributed by atoms with Crippen LogP contribution in [-0.4, -0.2) is 40.5 Å². The Morgan fingerprint density at radius 2 is 1.76 bits per heavy atom. The maximum Gasteiger partial charge on any atom is 0.342 e. The van der Waals surface area contributed by atoms with Crippen molar-refractivity contribution in [1.82, 2.24) is 15.2 Å². The Balaban J connectivity index is 1.57. The molecule has 4 aromatic rings. The van der Waals surface area contributed by atoms with Crippen molar-refractivity contribution in [2.75, 3.05) is 14.2 Å². The molecular formula is C23H17Cl2N3O5S. The number of aromatic nitrogens is 3. The lowest BCUT2D eigenvalue weighted by atomic mass is 10.2. The minimum atomic E-state index is -1.15. The first-order valence-corrected chi connectivity index (χ1v) is 11.3. The summed E-state index contributed by atoms with van der Waals surface area (Å²) in [6.45, 7) is 0. The third-order valence-electron chi connectivity index (χ3n) is 4.61. The summed E-state index contributed by atoms with van der Waals surface area (Å²) in [5, 5.41) is 17.7. The SMILES string of the molecule is COc1cc(OC)cc(-c2nc(S/C(=C\c3ccc(-c4ccc(Cl)c(Cl)c4)o3)C(=O)O)n[nH]2)c1. The van der Waals surface area contributed by atoms with Crippen molar-refractivity contribution >= 4 is 47.0 Å². The molecule has 2 N–H and O–H groups in total. The highest BCUT2D eigenvalue weighted by molar-refractivity contribution is 8.04. The normalized spacial score (nSPS) is 11.5. The summed E-state index contributed by atoms with van der Waals surface area (Å²) in [4.78, 5) is 16.2. The van der Waals surface area contributed by atoms with Gasteiger partial charge in [0.15, 0.2) is 5.82 Å². The van der Waals surface area contributed by atoms with Gasteiger partial charge in [-0.15, -0.1) is 5.10 Å². The van der Waals surface area contributed by atoms with Crippen LogP contribution < -0.4 is 9.47 Å². The molecule has 8 nitrogen and oxygen atoms in total. The highest BCUT2D eigenvalue weighted by atomic mass is 35.5. The number of hydrogen-bond donors (Lipinski definition) is 2. The van der Waals surface area contributed by atoms with E-state index in [-0.39, 0.29) is 10.1 Å². The summed E-state index contributed by atoms with van der Waals surface area (Å²) in [5.74, 6) is 1.32. The number of carboxylic acid groups (broad SMARTS) is 1. The Kier molecular flexibility index (Phi) is 7.16. The Morgan fingerprint density at radius 3 is 2.41 bits per heavy atom. The Labute approximate surface area is 208 Å². The van der Waals surface area contributed by atoms with E-state index in [0.29, 0.717) is 50.0 Å². The van der Waals surface area contributed by atoms with E-state index in [1.54, 1.807) is 62.8 Å². The first kappa shape index (κ1) is 23.7. The zero-order valence-electron chi connectivity index (χ0n) is 17.8. The number of carbonyl (C=O) groups is 1. The van der Waals surface area contributed by atoms with Crippen molar-refractivity contribution in [2.45, 2.75) is 5.16 Å². The third kappa shape index (κ3) is 5.39. The van der Waals surface area contributed by atoms with Crippen LogP contribution in [0, 0.1) is 0 Å². The molecule has 0 aliphatic rings. The number of hydrogen-bond acceptors (Lipinski definition) is 7. The van der Waals surface area contributed by atoms with Crippen LogP contribution in [0.5, 0.6) is 11.5 Å². The zero-order valence-corrected chi connectivity index (χ0v) is 20.2. The van der Waals surface area contributed by atoms with E-state index in [4.69, 9.17) is 37.1 Å². The fourth-order valence-electron chi connectivity index (χ4n) is 2.96. The van der Waals surface area contributed by atoms with Crippen LogP contribution in [0.25, 0.3) is 28.8 Å². The van der Waals surface area contributed by atoms with Crippen molar-refractivity contribution in [3.63, 3.8) is 0 Å². The van der Waals surface area contributed by atoms with Gasteiger partial charge in [-0.1, -0.05) is 23.2 Å². The summed E-state index contributed by atoms with van der Waals surface area (Å²) in [7, 11) is 3.09. The molecule has 0 bridgehead atoms. The standard InChI is InChI=1S/C23H17Cl2N3O5S/c1-31-15-7-13(8-16(10-15)32-2)21-26-23(28-27-21)34-20(22(29)30)11-14-4-6-19(33-14)12-3-5-17(24)18(25)9-12/h3-11H,1-2H3,(H,29,30)(H,26,27,28)/b20-11-. The minimum absolute atomic E-state index is 0.0242. The Hall–Kier alpha value is -3.40. The average Bonchev–Trinajstić information content (AvgIpc) is 3.50. The number of aromatic amines is 1. The molecule has 2 heterocycles. The van der Waals surface area contributed by atoms with Crippen LogP contribution >= 0.6 is 35.0 Å². The monoisotopic (exact) mass is 517 g/mol. The number of benzene rings is 2. The second-order valence-corrected chi connectivity index (χ2v) is 8.64. The summed E-state index contributed by atoms with van der Waals surface area (Å²) < 4.78 is 16.3. The number of H-pyrrole nitrogens is 1. The van der Waals surface area contributed by atoms with E-state index >= 15 is 0 Å². The molecule has 174 valence electrons. The molecule has 0 amide bonds. The number of nitrogens with zero attached hydrogens (tertiary/aromatic N) is 2. The number of rotatable bonds is 8. The number of thioether (sulfide) groups is 1. The molecule has 0 unspecified atom stereocenters. The number of furan rings is 1. The molecule has 0 fully saturated rings. The van der Waals surface area contributed by atoms with Gasteiger partial charge in [0.1, 0.15) is 27.9 Å².